The molecule has 1 aliphatic rings. The average Bonchev–Trinajstić information content (AvgIpc) is 3.11. The molecule has 0 spiro atoms. The lowest BCUT2D eigenvalue weighted by atomic mass is 10.0. The van der Waals surface area contributed by atoms with Gasteiger partial charge in [-0.1, -0.05) is 54.6 Å². The van der Waals surface area contributed by atoms with E-state index in [1.165, 1.54) is 22.3 Å². The van der Waals surface area contributed by atoms with Crippen LogP contribution in [0.5, 0.6) is 0 Å². The zero-order valence-electron chi connectivity index (χ0n) is 15.5. The number of benzene rings is 2. The highest BCUT2D eigenvalue weighted by atomic mass is 35.5. The van der Waals surface area contributed by atoms with Gasteiger partial charge in [0, 0.05) is 23.2 Å². The maximum absolute atomic E-state index is 6.84. The number of allylic oxidation sites excluding steroid dienone is 1. The van der Waals surface area contributed by atoms with E-state index in [2.05, 4.69) is 82.6 Å². The van der Waals surface area contributed by atoms with Crippen LogP contribution < -0.4 is 5.32 Å². The maximum atomic E-state index is 6.84. The van der Waals surface area contributed by atoms with Crippen LogP contribution in [0.15, 0.2) is 55.3 Å². The molecule has 3 rings (SSSR count). The minimum absolute atomic E-state index is 0.212. The highest BCUT2D eigenvalue weighted by Crippen LogP contribution is 2.64. The van der Waals surface area contributed by atoms with E-state index >= 15 is 0 Å². The second kappa shape index (κ2) is 6.38. The minimum atomic E-state index is -0.295. The smallest absolute Gasteiger partial charge is 0.0582 e. The van der Waals surface area contributed by atoms with Gasteiger partial charge in [0.25, 0.3) is 0 Å². The Kier molecular flexibility index (Phi) is 4.55. The van der Waals surface area contributed by atoms with Crippen LogP contribution >= 0.6 is 11.6 Å². The third kappa shape index (κ3) is 3.39. The van der Waals surface area contributed by atoms with E-state index < -0.39 is 0 Å². The summed E-state index contributed by atoms with van der Waals surface area (Å²) in [6.45, 7) is 16.6. The summed E-state index contributed by atoms with van der Waals surface area (Å²) in [6, 6.07) is 13.0. The molecule has 3 atom stereocenters. The van der Waals surface area contributed by atoms with Gasteiger partial charge in [-0.25, -0.2) is 0 Å². The summed E-state index contributed by atoms with van der Waals surface area (Å²) in [6.07, 6.45) is 1.88. The quantitative estimate of drug-likeness (QED) is 0.599. The average molecular weight is 352 g/mol. The largest absolute Gasteiger partial charge is 0.359 e. The van der Waals surface area contributed by atoms with Gasteiger partial charge in [0.1, 0.15) is 0 Å². The summed E-state index contributed by atoms with van der Waals surface area (Å²) in [4.78, 5) is -0.295. The van der Waals surface area contributed by atoms with Crippen LogP contribution in [0, 0.1) is 26.7 Å². The number of aryl methyl sites for hydroxylation is 3. The molecule has 130 valence electrons. The van der Waals surface area contributed by atoms with Crippen molar-refractivity contribution in [3.8, 4) is 0 Å². The van der Waals surface area contributed by atoms with Crippen LogP contribution in [0.4, 0.5) is 5.69 Å². The summed E-state index contributed by atoms with van der Waals surface area (Å²) >= 11 is 6.84. The molecule has 3 unspecified atom stereocenters. The van der Waals surface area contributed by atoms with Gasteiger partial charge in [-0.15, -0.1) is 11.6 Å². The van der Waals surface area contributed by atoms with Crippen molar-refractivity contribution in [2.24, 2.45) is 5.92 Å². The van der Waals surface area contributed by atoms with E-state index in [4.69, 9.17) is 11.6 Å². The summed E-state index contributed by atoms with van der Waals surface area (Å²) in [7, 11) is 0. The second-order valence-electron chi connectivity index (χ2n) is 7.45. The van der Waals surface area contributed by atoms with Crippen molar-refractivity contribution in [3.63, 3.8) is 0 Å². The Morgan fingerprint density at radius 2 is 1.76 bits per heavy atom. The lowest BCUT2D eigenvalue weighted by Gasteiger charge is -2.12. The number of nitrogens with one attached hydrogen (secondary N) is 1. The number of anilines is 1. The predicted octanol–water partition coefficient (Wildman–Crippen LogP) is 6.59. The van der Waals surface area contributed by atoms with Crippen LogP contribution in [0.1, 0.15) is 40.7 Å². The Bertz CT molecular complexity index is 827. The van der Waals surface area contributed by atoms with Crippen LogP contribution in [0.3, 0.4) is 0 Å². The van der Waals surface area contributed by atoms with E-state index in [9.17, 15) is 0 Å². The second-order valence-corrected chi connectivity index (χ2v) is 8.27. The Hall–Kier alpha value is -1.99. The fourth-order valence-corrected chi connectivity index (χ4v) is 4.38. The third-order valence-electron chi connectivity index (χ3n) is 5.22. The van der Waals surface area contributed by atoms with Crippen molar-refractivity contribution in [2.45, 2.75) is 38.5 Å². The fraction of sp³-hybridized carbons (Fsp3) is 0.304. The van der Waals surface area contributed by atoms with Gasteiger partial charge >= 0.3 is 0 Å². The molecule has 1 nitrogen and oxygen atoms in total. The lowest BCUT2D eigenvalue weighted by molar-refractivity contribution is 0.898. The molecule has 1 N–H and O–H groups in total. The molecule has 1 saturated carbocycles. The molecule has 2 aromatic rings. The number of hydrogen-bond acceptors (Lipinski definition) is 1. The fourth-order valence-electron chi connectivity index (χ4n) is 3.93. The molecule has 0 aromatic heterocycles. The van der Waals surface area contributed by atoms with Crippen molar-refractivity contribution in [1.29, 1.82) is 0 Å². The number of alkyl halides is 1. The molecule has 1 fully saturated rings. The molecule has 1 aliphatic carbocycles. The molecular formula is C23H26ClN. The van der Waals surface area contributed by atoms with E-state index in [0.29, 0.717) is 0 Å². The molecule has 0 saturated heterocycles. The summed E-state index contributed by atoms with van der Waals surface area (Å²) in [5.74, 6) is 0.501. The maximum Gasteiger partial charge on any atom is 0.0582 e. The van der Waals surface area contributed by atoms with Crippen molar-refractivity contribution in [3.05, 3.63) is 83.1 Å². The molecule has 0 amide bonds. The normalized spacial score (nSPS) is 24.7. The molecule has 25 heavy (non-hydrogen) atoms. The van der Waals surface area contributed by atoms with Gasteiger partial charge < -0.3 is 5.32 Å². The number of halogens is 1. The van der Waals surface area contributed by atoms with E-state index in [1.54, 1.807) is 0 Å². The zero-order valence-corrected chi connectivity index (χ0v) is 16.2. The molecule has 0 bridgehead atoms. The highest BCUT2D eigenvalue weighted by molar-refractivity contribution is 6.27. The molecule has 0 aliphatic heterocycles. The molecule has 0 heterocycles. The first kappa shape index (κ1) is 17.8. The third-order valence-corrected chi connectivity index (χ3v) is 5.69. The topological polar surface area (TPSA) is 12.0 Å². The van der Waals surface area contributed by atoms with Gasteiger partial charge in [0.05, 0.1) is 4.87 Å². The lowest BCUT2D eigenvalue weighted by Crippen LogP contribution is -2.05. The molecule has 0 radical (unpaired) electrons. The zero-order chi connectivity index (χ0) is 18.4. The number of hydrogen-bond donors (Lipinski definition) is 1. The van der Waals surface area contributed by atoms with Gasteiger partial charge in [0.15, 0.2) is 0 Å². The molecule has 2 aromatic carbocycles. The predicted molar refractivity (Wildman–Crippen MR) is 110 cm³/mol. The van der Waals surface area contributed by atoms with Crippen molar-refractivity contribution in [2.75, 3.05) is 5.32 Å². The standard InChI is InChI=1S/C23H26ClN/c1-7-18-13-20(9-8-16(18)4)25-17(5)21-22(23(21,6)24)19-11-14(2)10-15(3)12-19/h7-13,21-22,25H,1,5H2,2-4,6H3. The van der Waals surface area contributed by atoms with E-state index in [0.717, 1.165) is 16.9 Å². The van der Waals surface area contributed by atoms with E-state index in [-0.39, 0.29) is 16.7 Å². The Balaban J connectivity index is 1.82. The SMILES string of the molecule is C=Cc1cc(NC(=C)C2C(c3cc(C)cc(C)c3)C2(C)Cl)ccc1C. The van der Waals surface area contributed by atoms with Gasteiger partial charge in [-0.3, -0.25) is 0 Å². The van der Waals surface area contributed by atoms with Crippen molar-refractivity contribution in [1.82, 2.24) is 0 Å². The Morgan fingerprint density at radius 1 is 1.12 bits per heavy atom. The van der Waals surface area contributed by atoms with Crippen molar-refractivity contribution >= 4 is 23.4 Å². The summed E-state index contributed by atoms with van der Waals surface area (Å²) in [5, 5.41) is 3.46. The summed E-state index contributed by atoms with van der Waals surface area (Å²) in [5.41, 5.74) is 8.21. The van der Waals surface area contributed by atoms with Gasteiger partial charge in [0.2, 0.25) is 0 Å². The van der Waals surface area contributed by atoms with Gasteiger partial charge in [-0.05, 0) is 56.5 Å². The Morgan fingerprint density at radius 3 is 2.36 bits per heavy atom. The number of rotatable bonds is 5. The molecular weight excluding hydrogens is 326 g/mol. The first-order valence-corrected chi connectivity index (χ1v) is 9.08. The van der Waals surface area contributed by atoms with Crippen LogP contribution in [0.25, 0.3) is 6.08 Å². The first-order valence-electron chi connectivity index (χ1n) is 8.70. The Labute approximate surface area is 156 Å². The van der Waals surface area contributed by atoms with Crippen LogP contribution in [-0.2, 0) is 0 Å². The van der Waals surface area contributed by atoms with Crippen LogP contribution in [-0.4, -0.2) is 4.87 Å². The summed E-state index contributed by atoms with van der Waals surface area (Å²) < 4.78 is 0. The molecule has 2 heteroatoms. The highest BCUT2D eigenvalue weighted by Gasteiger charge is 2.62. The van der Waals surface area contributed by atoms with Crippen molar-refractivity contribution < 1.29 is 0 Å². The monoisotopic (exact) mass is 351 g/mol. The minimum Gasteiger partial charge on any atom is -0.359 e. The van der Waals surface area contributed by atoms with Gasteiger partial charge in [-0.2, -0.15) is 0 Å². The van der Waals surface area contributed by atoms with E-state index in [1.807, 2.05) is 6.08 Å². The first-order chi connectivity index (χ1) is 11.7. The van der Waals surface area contributed by atoms with Crippen LogP contribution in [0.2, 0.25) is 0 Å².